The Bertz CT molecular complexity index is 813. The average Bonchev–Trinajstić information content (AvgIpc) is 2.46. The maximum absolute atomic E-state index is 5.52. The van der Waals surface area contributed by atoms with Crippen LogP contribution < -0.4 is 9.47 Å². The second kappa shape index (κ2) is 4.63. The number of ether oxygens (including phenoxy) is 2. The summed E-state index contributed by atoms with van der Waals surface area (Å²) in [5, 5.41) is 0. The summed E-state index contributed by atoms with van der Waals surface area (Å²) < 4.78 is 10.9. The first-order valence-corrected chi connectivity index (χ1v) is 6.44. The van der Waals surface area contributed by atoms with Gasteiger partial charge in [-0.1, -0.05) is 6.07 Å². The highest BCUT2D eigenvalue weighted by molar-refractivity contribution is 5.93. The second-order valence-corrected chi connectivity index (χ2v) is 4.77. The third-order valence-corrected chi connectivity index (χ3v) is 3.61. The summed E-state index contributed by atoms with van der Waals surface area (Å²) in [6.07, 6.45) is 0. The summed E-state index contributed by atoms with van der Waals surface area (Å²) in [5.41, 5.74) is 5.42. The van der Waals surface area contributed by atoms with Crippen LogP contribution in [0, 0.1) is 13.8 Å². The van der Waals surface area contributed by atoms with Gasteiger partial charge in [0.2, 0.25) is 0 Å². The molecule has 4 nitrogen and oxygen atoms in total. The molecule has 0 saturated carbocycles. The molecule has 0 atom stereocenters. The molecule has 2 aromatic carbocycles. The van der Waals surface area contributed by atoms with Gasteiger partial charge in [0.15, 0.2) is 0 Å². The Morgan fingerprint density at radius 2 is 1.70 bits per heavy atom. The SMILES string of the molecule is COc1cccc2nc3cc(C)c(C)c(OC)c3nc12. The van der Waals surface area contributed by atoms with Gasteiger partial charge in [-0.15, -0.1) is 0 Å². The average molecular weight is 268 g/mol. The molecule has 3 rings (SSSR count). The Labute approximate surface area is 117 Å². The van der Waals surface area contributed by atoms with Crippen LogP contribution in [-0.2, 0) is 0 Å². The molecule has 0 radical (unpaired) electrons. The molecule has 0 saturated heterocycles. The molecule has 0 aliphatic heterocycles. The van der Waals surface area contributed by atoms with Crippen LogP contribution in [0.4, 0.5) is 0 Å². The Balaban J connectivity index is 2.48. The van der Waals surface area contributed by atoms with E-state index < -0.39 is 0 Å². The maximum Gasteiger partial charge on any atom is 0.149 e. The summed E-state index contributed by atoms with van der Waals surface area (Å²) >= 11 is 0. The van der Waals surface area contributed by atoms with E-state index in [9.17, 15) is 0 Å². The van der Waals surface area contributed by atoms with E-state index in [-0.39, 0.29) is 0 Å². The number of hydrogen-bond acceptors (Lipinski definition) is 4. The second-order valence-electron chi connectivity index (χ2n) is 4.77. The number of para-hydroxylation sites is 1. The predicted octanol–water partition coefficient (Wildman–Crippen LogP) is 3.42. The van der Waals surface area contributed by atoms with Crippen molar-refractivity contribution in [3.8, 4) is 11.5 Å². The van der Waals surface area contributed by atoms with Crippen molar-refractivity contribution in [2.75, 3.05) is 14.2 Å². The smallest absolute Gasteiger partial charge is 0.149 e. The lowest BCUT2D eigenvalue weighted by atomic mass is 10.1. The number of rotatable bonds is 2. The van der Waals surface area contributed by atoms with Crippen LogP contribution in [0.1, 0.15) is 11.1 Å². The standard InChI is InChI=1S/C16H16N2O2/c1-9-8-12-15(16(20-4)10(9)2)18-14-11(17-12)6-5-7-13(14)19-3/h5-8H,1-4H3. The molecule has 0 spiro atoms. The first-order chi connectivity index (χ1) is 9.65. The van der Waals surface area contributed by atoms with E-state index >= 15 is 0 Å². The number of benzene rings is 2. The fourth-order valence-corrected chi connectivity index (χ4v) is 2.42. The van der Waals surface area contributed by atoms with E-state index in [2.05, 4.69) is 11.9 Å². The summed E-state index contributed by atoms with van der Waals surface area (Å²) in [6, 6.07) is 7.78. The summed E-state index contributed by atoms with van der Waals surface area (Å²) in [4.78, 5) is 9.38. The van der Waals surface area contributed by atoms with Crippen molar-refractivity contribution in [1.82, 2.24) is 9.97 Å². The highest BCUT2D eigenvalue weighted by atomic mass is 16.5. The Hall–Kier alpha value is -2.36. The van der Waals surface area contributed by atoms with Crippen LogP contribution in [-0.4, -0.2) is 24.2 Å². The van der Waals surface area contributed by atoms with E-state index in [1.165, 1.54) is 0 Å². The van der Waals surface area contributed by atoms with E-state index in [1.807, 2.05) is 31.2 Å². The van der Waals surface area contributed by atoms with E-state index in [4.69, 9.17) is 14.5 Å². The topological polar surface area (TPSA) is 44.2 Å². The Morgan fingerprint density at radius 1 is 0.900 bits per heavy atom. The van der Waals surface area contributed by atoms with Crippen molar-refractivity contribution >= 4 is 22.1 Å². The highest BCUT2D eigenvalue weighted by Gasteiger charge is 2.13. The number of aromatic nitrogens is 2. The Kier molecular flexibility index (Phi) is 2.93. The maximum atomic E-state index is 5.52. The van der Waals surface area contributed by atoms with Gasteiger partial charge in [0.1, 0.15) is 22.5 Å². The fraction of sp³-hybridized carbons (Fsp3) is 0.250. The van der Waals surface area contributed by atoms with Gasteiger partial charge in [-0.3, -0.25) is 0 Å². The monoisotopic (exact) mass is 268 g/mol. The summed E-state index contributed by atoms with van der Waals surface area (Å²) in [6.45, 7) is 4.08. The van der Waals surface area contributed by atoms with Crippen LogP contribution in [0.3, 0.4) is 0 Å². The molecule has 0 amide bonds. The largest absolute Gasteiger partial charge is 0.494 e. The van der Waals surface area contributed by atoms with Gasteiger partial charge in [0, 0.05) is 0 Å². The highest BCUT2D eigenvalue weighted by Crippen LogP contribution is 2.32. The number of fused-ring (bicyclic) bond motifs is 2. The van der Waals surface area contributed by atoms with Crippen molar-refractivity contribution in [2.24, 2.45) is 0 Å². The first kappa shape index (κ1) is 12.7. The number of nitrogens with zero attached hydrogens (tertiary/aromatic N) is 2. The van der Waals surface area contributed by atoms with Crippen molar-refractivity contribution in [3.05, 3.63) is 35.4 Å². The normalized spacial score (nSPS) is 11.0. The molecule has 0 unspecified atom stereocenters. The molecule has 0 aliphatic rings. The third-order valence-electron chi connectivity index (χ3n) is 3.61. The molecule has 3 aromatic rings. The zero-order valence-electron chi connectivity index (χ0n) is 12.0. The van der Waals surface area contributed by atoms with E-state index in [0.29, 0.717) is 0 Å². The first-order valence-electron chi connectivity index (χ1n) is 6.44. The zero-order chi connectivity index (χ0) is 14.3. The van der Waals surface area contributed by atoms with Crippen molar-refractivity contribution < 1.29 is 9.47 Å². The van der Waals surface area contributed by atoms with Crippen LogP contribution in [0.2, 0.25) is 0 Å². The predicted molar refractivity (Wildman–Crippen MR) is 79.6 cm³/mol. The van der Waals surface area contributed by atoms with Crippen LogP contribution in [0.5, 0.6) is 11.5 Å². The van der Waals surface area contributed by atoms with Gasteiger partial charge < -0.3 is 9.47 Å². The van der Waals surface area contributed by atoms with Gasteiger partial charge in [0.25, 0.3) is 0 Å². The lowest BCUT2D eigenvalue weighted by Crippen LogP contribution is -1.97. The molecule has 0 bridgehead atoms. The van der Waals surface area contributed by atoms with Crippen LogP contribution >= 0.6 is 0 Å². The van der Waals surface area contributed by atoms with Gasteiger partial charge in [0.05, 0.1) is 25.3 Å². The molecular weight excluding hydrogens is 252 g/mol. The molecule has 0 aliphatic carbocycles. The van der Waals surface area contributed by atoms with Gasteiger partial charge >= 0.3 is 0 Å². The minimum Gasteiger partial charge on any atom is -0.494 e. The van der Waals surface area contributed by atoms with Crippen molar-refractivity contribution in [3.63, 3.8) is 0 Å². The minimum absolute atomic E-state index is 0.720. The van der Waals surface area contributed by atoms with E-state index in [1.54, 1.807) is 14.2 Å². The third kappa shape index (κ3) is 1.76. The van der Waals surface area contributed by atoms with Gasteiger partial charge in [-0.2, -0.15) is 0 Å². The molecule has 0 fully saturated rings. The summed E-state index contributed by atoms with van der Waals surface area (Å²) in [7, 11) is 3.30. The molecule has 102 valence electrons. The lowest BCUT2D eigenvalue weighted by molar-refractivity contribution is 0.414. The Morgan fingerprint density at radius 3 is 2.40 bits per heavy atom. The molecular formula is C16H16N2O2. The van der Waals surface area contributed by atoms with Crippen LogP contribution in [0.25, 0.3) is 22.1 Å². The molecule has 4 heteroatoms. The number of hydrogen-bond donors (Lipinski definition) is 0. The minimum atomic E-state index is 0.720. The van der Waals surface area contributed by atoms with Gasteiger partial charge in [-0.05, 0) is 43.2 Å². The molecule has 1 aromatic heterocycles. The molecule has 20 heavy (non-hydrogen) atoms. The zero-order valence-corrected chi connectivity index (χ0v) is 12.0. The van der Waals surface area contributed by atoms with Crippen LogP contribution in [0.15, 0.2) is 24.3 Å². The number of methoxy groups -OCH3 is 2. The molecule has 1 heterocycles. The van der Waals surface area contributed by atoms with Crippen molar-refractivity contribution in [1.29, 1.82) is 0 Å². The quantitative estimate of drug-likeness (QED) is 0.668. The lowest BCUT2D eigenvalue weighted by Gasteiger charge is -2.12. The fourth-order valence-electron chi connectivity index (χ4n) is 2.42. The molecule has 0 N–H and O–H groups in total. The van der Waals surface area contributed by atoms with Crippen molar-refractivity contribution in [2.45, 2.75) is 13.8 Å². The van der Waals surface area contributed by atoms with E-state index in [0.717, 1.165) is 44.7 Å². The van der Waals surface area contributed by atoms with Gasteiger partial charge in [-0.25, -0.2) is 9.97 Å². The number of aryl methyl sites for hydroxylation is 1. The summed E-state index contributed by atoms with van der Waals surface area (Å²) in [5.74, 6) is 1.50.